The maximum atomic E-state index is 11.8. The summed E-state index contributed by atoms with van der Waals surface area (Å²) >= 11 is 7.34. The molecular formula is C19H16ClNO4S. The number of benzene rings is 2. The van der Waals surface area contributed by atoms with Crippen molar-refractivity contribution in [3.63, 3.8) is 0 Å². The van der Waals surface area contributed by atoms with E-state index in [-0.39, 0.29) is 13.2 Å². The smallest absolute Gasteiger partial charge is 0.344 e. The molecule has 0 fully saturated rings. The van der Waals surface area contributed by atoms with E-state index < -0.39 is 5.97 Å². The number of carbonyl (C=O) groups is 1. The van der Waals surface area contributed by atoms with E-state index in [0.29, 0.717) is 16.5 Å². The lowest BCUT2D eigenvalue weighted by molar-refractivity contribution is -0.147. The molecular weight excluding hydrogens is 374 g/mol. The standard InChI is InChI=1S/C19H16ClNO4S/c1-23-16-6-2-4-13(8-16)19-21-15(12-26-19)10-25-18(22)11-24-17-7-3-5-14(20)9-17/h2-9,12H,10-11H2,1H3. The molecule has 0 N–H and O–H groups in total. The lowest BCUT2D eigenvalue weighted by Gasteiger charge is -2.06. The van der Waals surface area contributed by atoms with Crippen molar-refractivity contribution in [2.45, 2.75) is 6.61 Å². The Bertz CT molecular complexity index is 897. The van der Waals surface area contributed by atoms with Gasteiger partial charge in [-0.05, 0) is 30.3 Å². The minimum atomic E-state index is -0.471. The van der Waals surface area contributed by atoms with Crippen LogP contribution in [0.1, 0.15) is 5.69 Å². The molecule has 0 spiro atoms. The first-order valence-corrected chi connectivity index (χ1v) is 9.02. The van der Waals surface area contributed by atoms with Crippen LogP contribution in [0.5, 0.6) is 11.5 Å². The van der Waals surface area contributed by atoms with Gasteiger partial charge in [0.2, 0.25) is 0 Å². The van der Waals surface area contributed by atoms with E-state index in [9.17, 15) is 4.79 Å². The van der Waals surface area contributed by atoms with Crippen molar-refractivity contribution in [2.75, 3.05) is 13.7 Å². The summed E-state index contributed by atoms with van der Waals surface area (Å²) in [6.07, 6.45) is 0. The highest BCUT2D eigenvalue weighted by atomic mass is 35.5. The number of carbonyl (C=O) groups excluding carboxylic acids is 1. The van der Waals surface area contributed by atoms with Crippen LogP contribution in [0.2, 0.25) is 5.02 Å². The summed E-state index contributed by atoms with van der Waals surface area (Å²) in [6, 6.07) is 14.5. The van der Waals surface area contributed by atoms with Crippen LogP contribution in [0.15, 0.2) is 53.9 Å². The first-order chi connectivity index (χ1) is 12.6. The van der Waals surface area contributed by atoms with Crippen LogP contribution < -0.4 is 9.47 Å². The summed E-state index contributed by atoms with van der Waals surface area (Å²) in [4.78, 5) is 16.3. The number of thiazole rings is 1. The molecule has 0 saturated heterocycles. The van der Waals surface area contributed by atoms with Crippen molar-refractivity contribution in [1.29, 1.82) is 0 Å². The van der Waals surface area contributed by atoms with Crippen molar-refractivity contribution in [2.24, 2.45) is 0 Å². The Balaban J connectivity index is 1.52. The third-order valence-corrected chi connectivity index (χ3v) is 4.58. The van der Waals surface area contributed by atoms with E-state index >= 15 is 0 Å². The van der Waals surface area contributed by atoms with Gasteiger partial charge in [-0.3, -0.25) is 0 Å². The Kier molecular flexibility index (Phi) is 6.09. The predicted octanol–water partition coefficient (Wildman–Crippen LogP) is 4.59. The van der Waals surface area contributed by atoms with E-state index in [0.717, 1.165) is 16.3 Å². The lowest BCUT2D eigenvalue weighted by Crippen LogP contribution is -2.14. The molecule has 1 aromatic heterocycles. The van der Waals surface area contributed by atoms with Crippen LogP contribution in [0.25, 0.3) is 10.6 Å². The molecule has 0 aliphatic heterocycles. The Morgan fingerprint density at radius 1 is 1.15 bits per heavy atom. The van der Waals surface area contributed by atoms with Crippen molar-refractivity contribution < 1.29 is 19.0 Å². The van der Waals surface area contributed by atoms with E-state index in [4.69, 9.17) is 25.8 Å². The van der Waals surface area contributed by atoms with E-state index in [1.165, 1.54) is 11.3 Å². The SMILES string of the molecule is COc1cccc(-c2nc(COC(=O)COc3cccc(Cl)c3)cs2)c1. The zero-order chi connectivity index (χ0) is 18.4. The average Bonchev–Trinajstić information content (AvgIpc) is 3.14. The largest absolute Gasteiger partial charge is 0.497 e. The molecule has 3 aromatic rings. The lowest BCUT2D eigenvalue weighted by atomic mass is 10.2. The summed E-state index contributed by atoms with van der Waals surface area (Å²) in [5, 5.41) is 3.24. The number of rotatable bonds is 7. The van der Waals surface area contributed by atoms with E-state index in [1.54, 1.807) is 31.4 Å². The van der Waals surface area contributed by atoms with Crippen LogP contribution >= 0.6 is 22.9 Å². The number of halogens is 1. The number of nitrogens with zero attached hydrogens (tertiary/aromatic N) is 1. The molecule has 0 aliphatic carbocycles. The van der Waals surface area contributed by atoms with Gasteiger partial charge in [-0.1, -0.05) is 29.8 Å². The predicted molar refractivity (Wildman–Crippen MR) is 101 cm³/mol. The normalized spacial score (nSPS) is 10.4. The number of methoxy groups -OCH3 is 1. The van der Waals surface area contributed by atoms with E-state index in [2.05, 4.69) is 4.98 Å². The van der Waals surface area contributed by atoms with Crippen LogP contribution in [0, 0.1) is 0 Å². The second-order valence-corrected chi connectivity index (χ2v) is 6.58. The third kappa shape index (κ3) is 4.97. The summed E-state index contributed by atoms with van der Waals surface area (Å²) in [5.74, 6) is 0.813. The maximum absolute atomic E-state index is 11.8. The molecule has 1 heterocycles. The third-order valence-electron chi connectivity index (χ3n) is 3.40. The van der Waals surface area contributed by atoms with Crippen molar-refractivity contribution >= 4 is 28.9 Å². The Labute approximate surface area is 160 Å². The van der Waals surface area contributed by atoms with Gasteiger partial charge in [0, 0.05) is 16.0 Å². The van der Waals surface area contributed by atoms with Gasteiger partial charge in [-0.25, -0.2) is 9.78 Å². The van der Waals surface area contributed by atoms with Gasteiger partial charge in [0.15, 0.2) is 6.61 Å². The topological polar surface area (TPSA) is 57.7 Å². The van der Waals surface area contributed by atoms with Crippen molar-refractivity contribution in [1.82, 2.24) is 4.98 Å². The molecule has 0 bridgehead atoms. The van der Waals surface area contributed by atoms with E-state index in [1.807, 2.05) is 29.6 Å². The Hall–Kier alpha value is -2.57. The molecule has 26 heavy (non-hydrogen) atoms. The van der Waals surface area contributed by atoms with Gasteiger partial charge >= 0.3 is 5.97 Å². The van der Waals surface area contributed by atoms with Crippen LogP contribution in [0.3, 0.4) is 0 Å². The summed E-state index contributed by atoms with van der Waals surface area (Å²) in [7, 11) is 1.62. The van der Waals surface area contributed by atoms with Gasteiger partial charge in [0.25, 0.3) is 0 Å². The highest BCUT2D eigenvalue weighted by molar-refractivity contribution is 7.13. The summed E-state index contributed by atoms with van der Waals surface area (Å²) in [6.45, 7) is -0.0918. The molecule has 0 unspecified atom stereocenters. The second-order valence-electron chi connectivity index (χ2n) is 5.28. The zero-order valence-electron chi connectivity index (χ0n) is 14.0. The Morgan fingerprint density at radius 3 is 2.77 bits per heavy atom. The molecule has 0 radical (unpaired) electrons. The maximum Gasteiger partial charge on any atom is 0.344 e. The number of esters is 1. The van der Waals surface area contributed by atoms with Gasteiger partial charge in [-0.15, -0.1) is 11.3 Å². The Morgan fingerprint density at radius 2 is 1.96 bits per heavy atom. The van der Waals surface area contributed by atoms with Crippen LogP contribution in [0.4, 0.5) is 0 Å². The number of hydrogen-bond donors (Lipinski definition) is 0. The second kappa shape index (κ2) is 8.69. The molecule has 134 valence electrons. The van der Waals surface area contributed by atoms with Crippen molar-refractivity contribution in [3.05, 3.63) is 64.6 Å². The fourth-order valence-corrected chi connectivity index (χ4v) is 3.14. The van der Waals surface area contributed by atoms with Gasteiger partial charge < -0.3 is 14.2 Å². The first kappa shape index (κ1) is 18.2. The number of hydrogen-bond acceptors (Lipinski definition) is 6. The molecule has 5 nitrogen and oxygen atoms in total. The monoisotopic (exact) mass is 389 g/mol. The minimum absolute atomic E-state index is 0.0954. The highest BCUT2D eigenvalue weighted by Crippen LogP contribution is 2.27. The first-order valence-electron chi connectivity index (χ1n) is 7.77. The van der Waals surface area contributed by atoms with Gasteiger partial charge in [-0.2, -0.15) is 0 Å². The highest BCUT2D eigenvalue weighted by Gasteiger charge is 2.09. The van der Waals surface area contributed by atoms with Crippen LogP contribution in [-0.2, 0) is 16.1 Å². The molecule has 0 amide bonds. The van der Waals surface area contributed by atoms with Crippen LogP contribution in [-0.4, -0.2) is 24.7 Å². The molecule has 0 aliphatic rings. The summed E-state index contributed by atoms with van der Waals surface area (Å²) in [5.41, 5.74) is 1.64. The average molecular weight is 390 g/mol. The molecule has 2 aromatic carbocycles. The zero-order valence-corrected chi connectivity index (χ0v) is 15.5. The fourth-order valence-electron chi connectivity index (χ4n) is 2.16. The minimum Gasteiger partial charge on any atom is -0.497 e. The van der Waals surface area contributed by atoms with Crippen molar-refractivity contribution in [3.8, 4) is 22.1 Å². The fraction of sp³-hybridized carbons (Fsp3) is 0.158. The van der Waals surface area contributed by atoms with Gasteiger partial charge in [0.1, 0.15) is 23.1 Å². The quantitative estimate of drug-likeness (QED) is 0.553. The molecule has 3 rings (SSSR count). The number of ether oxygens (including phenoxy) is 3. The molecule has 7 heteroatoms. The van der Waals surface area contributed by atoms with Gasteiger partial charge in [0.05, 0.1) is 12.8 Å². The molecule has 0 atom stereocenters. The summed E-state index contributed by atoms with van der Waals surface area (Å²) < 4.78 is 15.8. The number of aromatic nitrogens is 1. The molecule has 0 saturated carbocycles.